The predicted molar refractivity (Wildman–Crippen MR) is 59.1 cm³/mol. The van der Waals surface area contributed by atoms with Crippen molar-refractivity contribution < 1.29 is 14.0 Å². The third-order valence-corrected chi connectivity index (χ3v) is 3.47. The molecule has 0 N–H and O–H groups in total. The van der Waals surface area contributed by atoms with Gasteiger partial charge in [-0.15, -0.1) is 0 Å². The van der Waals surface area contributed by atoms with Crippen molar-refractivity contribution in [3.63, 3.8) is 0 Å². The minimum atomic E-state index is -3.28. The molecule has 0 radical (unpaired) electrons. The third-order valence-electron chi connectivity index (χ3n) is 1.92. The molecule has 0 amide bonds. The highest BCUT2D eigenvalue weighted by molar-refractivity contribution is 7.54. The van der Waals surface area contributed by atoms with Crippen LogP contribution in [-0.2, 0) is 10.9 Å². The van der Waals surface area contributed by atoms with Gasteiger partial charge >= 0.3 is 0 Å². The Hall–Kier alpha value is -1.10. The number of pyridine rings is 1. The molecule has 0 fully saturated rings. The van der Waals surface area contributed by atoms with Gasteiger partial charge in [-0.1, -0.05) is 0 Å². The molecule has 0 saturated carbocycles. The molecule has 16 heavy (non-hydrogen) atoms. The van der Waals surface area contributed by atoms with Gasteiger partial charge in [0.2, 0.25) is 0 Å². The van der Waals surface area contributed by atoms with E-state index >= 15 is 0 Å². The topological polar surface area (TPSA) is 69.8 Å². The van der Waals surface area contributed by atoms with Crippen LogP contribution in [0.5, 0.6) is 0 Å². The molecular weight excluding hydrogens is 245 g/mol. The van der Waals surface area contributed by atoms with Gasteiger partial charge in [-0.2, -0.15) is 8.94 Å². The van der Waals surface area contributed by atoms with Crippen LogP contribution in [0, 0.1) is 0 Å². The molecule has 1 unspecified atom stereocenters. The average Bonchev–Trinajstić information content (AvgIpc) is 2.69. The molecule has 84 valence electrons. The Bertz CT molecular complexity index is 506. The molecule has 2 heterocycles. The van der Waals surface area contributed by atoms with Crippen LogP contribution in [0.15, 0.2) is 30.9 Å². The van der Waals surface area contributed by atoms with Gasteiger partial charge in [0.05, 0.1) is 7.37 Å². The SMILES string of the molecule is CP(=O)([O-])C[n+]1ccc(-c2ncns2)cc1. The Balaban J connectivity index is 2.20. The second kappa shape index (κ2) is 4.41. The zero-order chi connectivity index (χ0) is 11.6. The van der Waals surface area contributed by atoms with Crippen LogP contribution in [0.1, 0.15) is 0 Å². The van der Waals surface area contributed by atoms with Crippen molar-refractivity contribution in [3.8, 4) is 10.6 Å². The van der Waals surface area contributed by atoms with Crippen LogP contribution in [-0.4, -0.2) is 16.0 Å². The van der Waals surface area contributed by atoms with Gasteiger partial charge in [0.1, 0.15) is 11.3 Å². The first-order valence-corrected chi connectivity index (χ1v) is 7.61. The zero-order valence-corrected chi connectivity index (χ0v) is 10.3. The fraction of sp³-hybridized carbons (Fsp3) is 0.222. The summed E-state index contributed by atoms with van der Waals surface area (Å²) in [5, 5.41) is 0.828. The van der Waals surface area contributed by atoms with Gasteiger partial charge in [0.15, 0.2) is 18.7 Å². The monoisotopic (exact) mass is 255 g/mol. The highest BCUT2D eigenvalue weighted by Gasteiger charge is 2.09. The first kappa shape index (κ1) is 11.4. The van der Waals surface area contributed by atoms with Crippen LogP contribution in [0.3, 0.4) is 0 Å². The van der Waals surface area contributed by atoms with Crippen molar-refractivity contribution in [2.24, 2.45) is 0 Å². The first-order valence-electron chi connectivity index (χ1n) is 4.58. The lowest BCUT2D eigenvalue weighted by atomic mass is 10.3. The molecule has 1 atom stereocenters. The summed E-state index contributed by atoms with van der Waals surface area (Å²) in [4.78, 5) is 15.2. The van der Waals surface area contributed by atoms with Crippen LogP contribution < -0.4 is 9.46 Å². The molecule has 0 aliphatic rings. The number of rotatable bonds is 3. The van der Waals surface area contributed by atoms with E-state index in [2.05, 4.69) is 9.36 Å². The molecule has 0 bridgehead atoms. The van der Waals surface area contributed by atoms with E-state index in [1.165, 1.54) is 24.5 Å². The van der Waals surface area contributed by atoms with Crippen molar-refractivity contribution in [1.82, 2.24) is 9.36 Å². The fourth-order valence-electron chi connectivity index (χ4n) is 1.29. The summed E-state index contributed by atoms with van der Waals surface area (Å²) in [6.45, 7) is 1.23. The van der Waals surface area contributed by atoms with Crippen molar-refractivity contribution in [1.29, 1.82) is 0 Å². The molecule has 0 spiro atoms. The molecule has 2 aromatic rings. The molecule has 0 aromatic carbocycles. The van der Waals surface area contributed by atoms with Gasteiger partial charge in [0.25, 0.3) is 0 Å². The van der Waals surface area contributed by atoms with Gasteiger partial charge < -0.3 is 9.46 Å². The molecule has 2 aromatic heterocycles. The third kappa shape index (κ3) is 2.95. The lowest BCUT2D eigenvalue weighted by Gasteiger charge is -2.12. The van der Waals surface area contributed by atoms with Crippen molar-refractivity contribution in [2.75, 3.05) is 6.66 Å². The zero-order valence-electron chi connectivity index (χ0n) is 8.61. The predicted octanol–water partition coefficient (Wildman–Crippen LogP) is 0.718. The largest absolute Gasteiger partial charge is 0.795 e. The van der Waals surface area contributed by atoms with E-state index in [0.717, 1.165) is 10.6 Å². The summed E-state index contributed by atoms with van der Waals surface area (Å²) >= 11 is 1.31. The summed E-state index contributed by atoms with van der Waals surface area (Å²) < 4.78 is 16.6. The van der Waals surface area contributed by atoms with Crippen molar-refractivity contribution >= 4 is 18.9 Å². The minimum absolute atomic E-state index is 0.0173. The van der Waals surface area contributed by atoms with E-state index in [9.17, 15) is 9.46 Å². The smallest absolute Gasteiger partial charge is 0.186 e. The lowest BCUT2D eigenvalue weighted by molar-refractivity contribution is -0.681. The number of nitrogens with zero attached hydrogens (tertiary/aromatic N) is 3. The highest BCUT2D eigenvalue weighted by Crippen LogP contribution is 2.28. The summed E-state index contributed by atoms with van der Waals surface area (Å²) in [5.41, 5.74) is 0.940. The van der Waals surface area contributed by atoms with E-state index in [4.69, 9.17) is 0 Å². The summed E-state index contributed by atoms with van der Waals surface area (Å²) in [6, 6.07) is 3.66. The number of hydrogen-bond acceptors (Lipinski definition) is 5. The Labute approximate surface area is 97.0 Å². The normalized spacial score (nSPS) is 14.6. The molecular formula is C9H10N3O2PS. The second-order valence-corrected chi connectivity index (χ2v) is 6.59. The quantitative estimate of drug-likeness (QED) is 0.598. The van der Waals surface area contributed by atoms with Crippen LogP contribution >= 0.6 is 18.9 Å². The van der Waals surface area contributed by atoms with E-state index in [1.807, 2.05) is 12.1 Å². The standard InChI is InChI=1S/C9H10N3O2PS/c1-15(13,14)7-12-4-2-8(3-5-12)9-10-6-11-16-9/h2-6H,7H2,1H3. The number of aromatic nitrogens is 3. The maximum absolute atomic E-state index is 11.1. The molecule has 2 rings (SSSR count). The van der Waals surface area contributed by atoms with Crippen molar-refractivity contribution in [3.05, 3.63) is 30.9 Å². The molecule has 0 saturated heterocycles. The Kier molecular flexibility index (Phi) is 3.14. The minimum Gasteiger partial charge on any atom is -0.795 e. The summed E-state index contributed by atoms with van der Waals surface area (Å²) in [5.74, 6) is 0. The van der Waals surface area contributed by atoms with Gasteiger partial charge in [-0.25, -0.2) is 4.98 Å². The molecule has 5 nitrogen and oxygen atoms in total. The first-order chi connectivity index (χ1) is 7.54. The average molecular weight is 255 g/mol. The van der Waals surface area contributed by atoms with Crippen LogP contribution in [0.4, 0.5) is 0 Å². The second-order valence-electron chi connectivity index (χ2n) is 3.50. The Morgan fingerprint density at radius 1 is 1.50 bits per heavy atom. The van der Waals surface area contributed by atoms with Gasteiger partial charge in [0, 0.05) is 17.7 Å². The number of hydrogen-bond donors (Lipinski definition) is 0. The maximum Gasteiger partial charge on any atom is 0.186 e. The van der Waals surface area contributed by atoms with E-state index < -0.39 is 7.37 Å². The Morgan fingerprint density at radius 3 is 2.69 bits per heavy atom. The van der Waals surface area contributed by atoms with Crippen LogP contribution in [0.25, 0.3) is 10.6 Å². The summed E-state index contributed by atoms with van der Waals surface area (Å²) in [7, 11) is -3.28. The summed E-state index contributed by atoms with van der Waals surface area (Å²) in [6.07, 6.45) is 4.97. The molecule has 7 heteroatoms. The van der Waals surface area contributed by atoms with Crippen LogP contribution in [0.2, 0.25) is 0 Å². The van der Waals surface area contributed by atoms with E-state index in [-0.39, 0.29) is 6.29 Å². The van der Waals surface area contributed by atoms with Gasteiger partial charge in [-0.05, 0) is 18.2 Å². The molecule has 0 aliphatic heterocycles. The molecule has 0 aliphatic carbocycles. The van der Waals surface area contributed by atoms with E-state index in [1.54, 1.807) is 17.0 Å². The van der Waals surface area contributed by atoms with E-state index in [0.29, 0.717) is 0 Å². The Morgan fingerprint density at radius 2 is 2.19 bits per heavy atom. The highest BCUT2D eigenvalue weighted by atomic mass is 32.1. The lowest BCUT2D eigenvalue weighted by Crippen LogP contribution is -2.34. The van der Waals surface area contributed by atoms with Gasteiger partial charge in [-0.3, -0.25) is 0 Å². The van der Waals surface area contributed by atoms with Crippen molar-refractivity contribution in [2.45, 2.75) is 6.29 Å². The fourth-order valence-corrected chi connectivity index (χ4v) is 2.60. The maximum atomic E-state index is 11.1.